The van der Waals surface area contributed by atoms with E-state index >= 15 is 0 Å². The van der Waals surface area contributed by atoms with E-state index in [0.717, 1.165) is 37.1 Å². The number of hydrogen-bond donors (Lipinski definition) is 1. The van der Waals surface area contributed by atoms with Crippen LogP contribution in [0.15, 0.2) is 10.5 Å². The molecule has 0 amide bonds. The number of furan rings is 1. The van der Waals surface area contributed by atoms with Crippen LogP contribution in [0.3, 0.4) is 0 Å². The molecule has 0 spiro atoms. The molecule has 0 atom stereocenters. The summed E-state index contributed by atoms with van der Waals surface area (Å²) in [6.07, 6.45) is 2.63. The van der Waals surface area contributed by atoms with E-state index in [1.807, 2.05) is 0 Å². The molecular formula is C18H32N2O. The van der Waals surface area contributed by atoms with E-state index in [0.29, 0.717) is 5.41 Å². The van der Waals surface area contributed by atoms with Gasteiger partial charge in [-0.15, -0.1) is 0 Å². The summed E-state index contributed by atoms with van der Waals surface area (Å²) < 4.78 is 6.01. The molecule has 0 unspecified atom stereocenters. The SMILES string of the molecule is CCNCc1oc(CN2CCC(C(C)(C)C)CC2)cc1C. The van der Waals surface area contributed by atoms with Crippen molar-refractivity contribution >= 4 is 0 Å². The van der Waals surface area contributed by atoms with Gasteiger partial charge in [0.1, 0.15) is 11.5 Å². The summed E-state index contributed by atoms with van der Waals surface area (Å²) in [6.45, 7) is 16.6. The average molecular weight is 292 g/mol. The summed E-state index contributed by atoms with van der Waals surface area (Å²) in [4.78, 5) is 2.54. The summed E-state index contributed by atoms with van der Waals surface area (Å²) in [7, 11) is 0. The molecule has 1 saturated heterocycles. The van der Waals surface area contributed by atoms with Crippen molar-refractivity contribution in [2.24, 2.45) is 11.3 Å². The molecule has 1 aromatic heterocycles. The van der Waals surface area contributed by atoms with E-state index in [2.05, 4.69) is 50.9 Å². The molecule has 1 aliphatic heterocycles. The quantitative estimate of drug-likeness (QED) is 0.890. The fourth-order valence-electron chi connectivity index (χ4n) is 3.26. The monoisotopic (exact) mass is 292 g/mol. The number of rotatable bonds is 5. The Morgan fingerprint density at radius 1 is 1.29 bits per heavy atom. The van der Waals surface area contributed by atoms with Gasteiger partial charge in [0.25, 0.3) is 0 Å². The zero-order valence-electron chi connectivity index (χ0n) is 14.5. The zero-order chi connectivity index (χ0) is 15.5. The van der Waals surface area contributed by atoms with Gasteiger partial charge in [-0.05, 0) is 62.4 Å². The van der Waals surface area contributed by atoms with E-state index < -0.39 is 0 Å². The largest absolute Gasteiger partial charge is 0.463 e. The summed E-state index contributed by atoms with van der Waals surface area (Å²) in [5, 5.41) is 3.34. The molecule has 2 rings (SSSR count). The minimum atomic E-state index is 0.451. The van der Waals surface area contributed by atoms with Crippen molar-refractivity contribution in [3.8, 4) is 0 Å². The van der Waals surface area contributed by atoms with Crippen LogP contribution in [0.1, 0.15) is 57.6 Å². The van der Waals surface area contributed by atoms with Crippen LogP contribution >= 0.6 is 0 Å². The van der Waals surface area contributed by atoms with Crippen LogP contribution in [0.4, 0.5) is 0 Å². The Kier molecular flexibility index (Phi) is 5.50. The third-order valence-corrected chi connectivity index (χ3v) is 4.80. The molecule has 21 heavy (non-hydrogen) atoms. The molecule has 0 radical (unpaired) electrons. The molecular weight excluding hydrogens is 260 g/mol. The molecule has 3 nitrogen and oxygen atoms in total. The van der Waals surface area contributed by atoms with Gasteiger partial charge in [-0.1, -0.05) is 27.7 Å². The maximum absolute atomic E-state index is 6.01. The topological polar surface area (TPSA) is 28.4 Å². The Bertz CT molecular complexity index is 437. The van der Waals surface area contributed by atoms with Gasteiger partial charge in [-0.2, -0.15) is 0 Å². The lowest BCUT2D eigenvalue weighted by atomic mass is 9.75. The highest BCUT2D eigenvalue weighted by molar-refractivity contribution is 5.20. The predicted octanol–water partition coefficient (Wildman–Crippen LogP) is 3.96. The molecule has 1 aliphatic rings. The van der Waals surface area contributed by atoms with E-state index in [1.165, 1.54) is 31.5 Å². The number of hydrogen-bond acceptors (Lipinski definition) is 3. The van der Waals surface area contributed by atoms with Crippen LogP contribution in [0, 0.1) is 18.3 Å². The van der Waals surface area contributed by atoms with Crippen LogP contribution in [-0.2, 0) is 13.1 Å². The standard InChI is InChI=1S/C18H32N2O/c1-6-19-12-17-14(2)11-16(21-17)13-20-9-7-15(8-10-20)18(3,4)5/h11,15,19H,6-10,12-13H2,1-5H3. The lowest BCUT2D eigenvalue weighted by Gasteiger charge is -2.38. The molecule has 1 N–H and O–H groups in total. The fourth-order valence-corrected chi connectivity index (χ4v) is 3.26. The van der Waals surface area contributed by atoms with E-state index in [1.54, 1.807) is 0 Å². The van der Waals surface area contributed by atoms with Crippen molar-refractivity contribution in [1.82, 2.24) is 10.2 Å². The molecule has 0 aliphatic carbocycles. The van der Waals surface area contributed by atoms with Crippen molar-refractivity contribution in [3.63, 3.8) is 0 Å². The molecule has 2 heterocycles. The highest BCUT2D eigenvalue weighted by atomic mass is 16.3. The Labute approximate surface area is 130 Å². The van der Waals surface area contributed by atoms with Gasteiger partial charge >= 0.3 is 0 Å². The second-order valence-corrected chi connectivity index (χ2v) is 7.52. The summed E-state index contributed by atoms with van der Waals surface area (Å²) in [5.41, 5.74) is 1.72. The number of piperidine rings is 1. The first-order valence-corrected chi connectivity index (χ1v) is 8.41. The molecule has 0 bridgehead atoms. The minimum absolute atomic E-state index is 0.451. The second-order valence-electron chi connectivity index (χ2n) is 7.52. The molecule has 3 heteroatoms. The minimum Gasteiger partial charge on any atom is -0.463 e. The van der Waals surface area contributed by atoms with Crippen molar-refractivity contribution in [2.45, 2.75) is 60.5 Å². The Hall–Kier alpha value is -0.800. The van der Waals surface area contributed by atoms with Crippen LogP contribution in [0.25, 0.3) is 0 Å². The first-order chi connectivity index (χ1) is 9.90. The van der Waals surface area contributed by atoms with Crippen LogP contribution < -0.4 is 5.32 Å². The second kappa shape index (κ2) is 6.97. The van der Waals surface area contributed by atoms with E-state index in [4.69, 9.17) is 4.42 Å². The highest BCUT2D eigenvalue weighted by Crippen LogP contribution is 2.34. The number of likely N-dealkylation sites (tertiary alicyclic amines) is 1. The average Bonchev–Trinajstić information content (AvgIpc) is 2.76. The van der Waals surface area contributed by atoms with Crippen LogP contribution in [0.2, 0.25) is 0 Å². The van der Waals surface area contributed by atoms with Gasteiger partial charge in [0.15, 0.2) is 0 Å². The molecule has 120 valence electrons. The van der Waals surface area contributed by atoms with Gasteiger partial charge in [-0.3, -0.25) is 4.90 Å². The Balaban J connectivity index is 1.86. The molecule has 0 aromatic carbocycles. The Morgan fingerprint density at radius 2 is 1.95 bits per heavy atom. The summed E-state index contributed by atoms with van der Waals surface area (Å²) >= 11 is 0. The fraction of sp³-hybridized carbons (Fsp3) is 0.778. The normalized spacial score (nSPS) is 18.3. The van der Waals surface area contributed by atoms with Gasteiger partial charge in [-0.25, -0.2) is 0 Å². The molecule has 1 fully saturated rings. The Morgan fingerprint density at radius 3 is 2.52 bits per heavy atom. The third-order valence-electron chi connectivity index (χ3n) is 4.80. The third kappa shape index (κ3) is 4.58. The highest BCUT2D eigenvalue weighted by Gasteiger charge is 2.28. The van der Waals surface area contributed by atoms with Gasteiger partial charge in [0.2, 0.25) is 0 Å². The van der Waals surface area contributed by atoms with Crippen molar-refractivity contribution < 1.29 is 4.42 Å². The number of nitrogens with one attached hydrogen (secondary N) is 1. The smallest absolute Gasteiger partial charge is 0.120 e. The number of aryl methyl sites for hydroxylation is 1. The van der Waals surface area contributed by atoms with Crippen LogP contribution in [0.5, 0.6) is 0 Å². The predicted molar refractivity (Wildman–Crippen MR) is 88.3 cm³/mol. The van der Waals surface area contributed by atoms with E-state index in [-0.39, 0.29) is 0 Å². The maximum atomic E-state index is 6.01. The number of nitrogens with zero attached hydrogens (tertiary/aromatic N) is 1. The van der Waals surface area contributed by atoms with Gasteiger partial charge in [0.05, 0.1) is 13.1 Å². The summed E-state index contributed by atoms with van der Waals surface area (Å²) in [5.74, 6) is 3.07. The van der Waals surface area contributed by atoms with Gasteiger partial charge in [0, 0.05) is 0 Å². The maximum Gasteiger partial charge on any atom is 0.120 e. The molecule has 0 saturated carbocycles. The van der Waals surface area contributed by atoms with E-state index in [9.17, 15) is 0 Å². The van der Waals surface area contributed by atoms with Crippen molar-refractivity contribution in [2.75, 3.05) is 19.6 Å². The van der Waals surface area contributed by atoms with Crippen molar-refractivity contribution in [3.05, 3.63) is 23.2 Å². The molecule has 1 aromatic rings. The first kappa shape index (κ1) is 16.6. The van der Waals surface area contributed by atoms with Gasteiger partial charge < -0.3 is 9.73 Å². The lowest BCUT2D eigenvalue weighted by Crippen LogP contribution is -2.37. The lowest BCUT2D eigenvalue weighted by molar-refractivity contribution is 0.103. The first-order valence-electron chi connectivity index (χ1n) is 8.41. The van der Waals surface area contributed by atoms with Crippen molar-refractivity contribution in [1.29, 1.82) is 0 Å². The zero-order valence-corrected chi connectivity index (χ0v) is 14.5. The summed E-state index contributed by atoms with van der Waals surface area (Å²) in [6, 6.07) is 2.21. The van der Waals surface area contributed by atoms with Crippen LogP contribution in [-0.4, -0.2) is 24.5 Å².